The second-order valence-electron chi connectivity index (χ2n) is 5.02. The van der Waals surface area contributed by atoms with Gasteiger partial charge >= 0.3 is 144 Å². The van der Waals surface area contributed by atoms with E-state index < -0.39 is 0 Å². The summed E-state index contributed by atoms with van der Waals surface area (Å²) in [6, 6.07) is 20.3. The van der Waals surface area contributed by atoms with E-state index in [0.717, 1.165) is 0 Å². The SMILES string of the molecule is Cc1ccc(-c2cc(I)c(-c3ccc(C)cc3)[te]2)cc1. The van der Waals surface area contributed by atoms with Crippen molar-refractivity contribution in [1.29, 1.82) is 0 Å². The van der Waals surface area contributed by atoms with Gasteiger partial charge in [0.05, 0.1) is 0 Å². The monoisotopic (exact) mass is 488 g/mol. The Morgan fingerprint density at radius 1 is 0.750 bits per heavy atom. The van der Waals surface area contributed by atoms with Crippen molar-refractivity contribution in [2.45, 2.75) is 13.8 Å². The molecule has 0 fully saturated rings. The third-order valence-electron chi connectivity index (χ3n) is 3.34. The first-order valence-electron chi connectivity index (χ1n) is 6.57. The van der Waals surface area contributed by atoms with Crippen molar-refractivity contribution in [2.24, 2.45) is 0 Å². The molecule has 3 aromatic rings. The van der Waals surface area contributed by atoms with E-state index in [1.54, 1.807) is 7.16 Å². The molecule has 0 spiro atoms. The zero-order chi connectivity index (χ0) is 14.1. The molecule has 0 atom stereocenters. The van der Waals surface area contributed by atoms with Gasteiger partial charge < -0.3 is 0 Å². The molecular formula is C18H15ITe. The van der Waals surface area contributed by atoms with Crippen molar-refractivity contribution < 1.29 is 0 Å². The average Bonchev–Trinajstić information content (AvgIpc) is 2.82. The van der Waals surface area contributed by atoms with Gasteiger partial charge in [-0.3, -0.25) is 0 Å². The molecule has 0 saturated carbocycles. The summed E-state index contributed by atoms with van der Waals surface area (Å²) in [7, 11) is 0. The van der Waals surface area contributed by atoms with Gasteiger partial charge in [0.25, 0.3) is 0 Å². The molecule has 3 rings (SSSR count). The molecule has 100 valence electrons. The maximum atomic E-state index is 2.49. The number of benzene rings is 2. The van der Waals surface area contributed by atoms with E-state index in [9.17, 15) is 0 Å². The van der Waals surface area contributed by atoms with Crippen molar-refractivity contribution in [1.82, 2.24) is 0 Å². The summed E-state index contributed by atoms with van der Waals surface area (Å²) >= 11 is 2.22. The van der Waals surface area contributed by atoms with Crippen LogP contribution in [0, 0.1) is 17.4 Å². The molecule has 0 N–H and O–H groups in total. The number of halogens is 1. The number of hydrogen-bond donors (Lipinski definition) is 0. The summed E-state index contributed by atoms with van der Waals surface area (Å²) in [4.78, 5) is 0. The fraction of sp³-hybridized carbons (Fsp3) is 0.111. The molecule has 20 heavy (non-hydrogen) atoms. The van der Waals surface area contributed by atoms with E-state index in [-0.39, 0.29) is 20.4 Å². The summed E-state index contributed by atoms with van der Waals surface area (Å²) < 4.78 is 4.55. The van der Waals surface area contributed by atoms with Crippen LogP contribution in [0.5, 0.6) is 0 Å². The molecule has 0 aliphatic carbocycles. The third-order valence-corrected chi connectivity index (χ3v) is 8.84. The van der Waals surface area contributed by atoms with Gasteiger partial charge in [0.15, 0.2) is 0 Å². The Balaban J connectivity index is 2.02. The van der Waals surface area contributed by atoms with E-state index >= 15 is 0 Å². The molecule has 2 heteroatoms. The maximum absolute atomic E-state index is 2.49. The standard InChI is InChI=1S/C18H15ITe/c1-12-3-7-14(8-4-12)17-11-16(19)18(20-17)15-9-5-13(2)6-10-15/h3-11H,1-2H3. The molecular weight excluding hydrogens is 471 g/mol. The Hall–Kier alpha value is -0.560. The van der Waals surface area contributed by atoms with Gasteiger partial charge in [-0.05, 0) is 0 Å². The van der Waals surface area contributed by atoms with Crippen LogP contribution in [-0.4, -0.2) is 20.4 Å². The van der Waals surface area contributed by atoms with Gasteiger partial charge in [0, 0.05) is 0 Å². The summed E-state index contributed by atoms with van der Waals surface area (Å²) in [6.45, 7) is 4.29. The van der Waals surface area contributed by atoms with E-state index in [1.807, 2.05) is 0 Å². The number of aryl methyl sites for hydroxylation is 2. The molecule has 0 bridgehead atoms. The Morgan fingerprint density at radius 3 is 1.80 bits per heavy atom. The minimum absolute atomic E-state index is 0.275. The third kappa shape index (κ3) is 3.03. The summed E-state index contributed by atoms with van der Waals surface area (Å²) in [6.07, 6.45) is 0. The van der Waals surface area contributed by atoms with Crippen LogP contribution in [-0.2, 0) is 0 Å². The van der Waals surface area contributed by atoms with Gasteiger partial charge in [-0.25, -0.2) is 0 Å². The van der Waals surface area contributed by atoms with Crippen LogP contribution in [0.1, 0.15) is 11.1 Å². The van der Waals surface area contributed by atoms with Crippen molar-refractivity contribution in [3.05, 3.63) is 69.3 Å². The Bertz CT molecular complexity index is 721. The van der Waals surface area contributed by atoms with Crippen LogP contribution >= 0.6 is 22.6 Å². The van der Waals surface area contributed by atoms with Crippen LogP contribution in [0.15, 0.2) is 54.6 Å². The zero-order valence-corrected chi connectivity index (χ0v) is 16.0. The molecule has 0 amide bonds. The van der Waals surface area contributed by atoms with Gasteiger partial charge in [-0.15, -0.1) is 0 Å². The average molecular weight is 486 g/mol. The fourth-order valence-corrected chi connectivity index (χ4v) is 7.18. The van der Waals surface area contributed by atoms with Gasteiger partial charge in [-0.1, -0.05) is 0 Å². The predicted octanol–water partition coefficient (Wildman–Crippen LogP) is 5.30. The van der Waals surface area contributed by atoms with Crippen LogP contribution in [0.25, 0.3) is 18.3 Å². The van der Waals surface area contributed by atoms with E-state index in [2.05, 4.69) is 91.0 Å². The minimum atomic E-state index is -0.275. The van der Waals surface area contributed by atoms with Crippen molar-refractivity contribution in [2.75, 3.05) is 0 Å². The van der Waals surface area contributed by atoms with Crippen LogP contribution in [0.3, 0.4) is 0 Å². The van der Waals surface area contributed by atoms with E-state index in [4.69, 9.17) is 0 Å². The first-order valence-corrected chi connectivity index (χ1v) is 9.98. The Kier molecular flexibility index (Phi) is 4.35. The molecule has 0 aliphatic heterocycles. The van der Waals surface area contributed by atoms with Gasteiger partial charge in [0.1, 0.15) is 0 Å². The van der Waals surface area contributed by atoms with E-state index in [0.29, 0.717) is 0 Å². The van der Waals surface area contributed by atoms with E-state index in [1.165, 1.54) is 25.8 Å². The second kappa shape index (κ2) is 6.05. The second-order valence-corrected chi connectivity index (χ2v) is 9.19. The summed E-state index contributed by atoms with van der Waals surface area (Å²) in [5.74, 6) is 0. The number of rotatable bonds is 2. The molecule has 0 unspecified atom stereocenters. The first-order chi connectivity index (χ1) is 9.63. The van der Waals surface area contributed by atoms with Gasteiger partial charge in [-0.2, -0.15) is 0 Å². The normalized spacial score (nSPS) is 10.8. The summed E-state index contributed by atoms with van der Waals surface area (Å²) in [5, 5.41) is 0. The zero-order valence-electron chi connectivity index (χ0n) is 11.5. The van der Waals surface area contributed by atoms with Crippen LogP contribution in [0.2, 0.25) is 0 Å². The Labute approximate surface area is 143 Å². The topological polar surface area (TPSA) is 0 Å². The quantitative estimate of drug-likeness (QED) is 0.341. The molecule has 2 aromatic carbocycles. The summed E-state index contributed by atoms with van der Waals surface area (Å²) in [5.41, 5.74) is 5.46. The molecule has 0 radical (unpaired) electrons. The predicted molar refractivity (Wildman–Crippen MR) is 96.4 cm³/mol. The van der Waals surface area contributed by atoms with Crippen molar-refractivity contribution in [3.8, 4) is 18.3 Å². The van der Waals surface area contributed by atoms with Crippen molar-refractivity contribution >= 4 is 43.0 Å². The van der Waals surface area contributed by atoms with Crippen LogP contribution < -0.4 is 0 Å². The molecule has 0 aliphatic rings. The van der Waals surface area contributed by atoms with Crippen LogP contribution in [0.4, 0.5) is 0 Å². The first kappa shape index (κ1) is 14.4. The molecule has 0 saturated heterocycles. The molecule has 1 heterocycles. The number of hydrogen-bond acceptors (Lipinski definition) is 0. The molecule has 0 nitrogen and oxygen atoms in total. The molecule has 1 aromatic heterocycles. The fourth-order valence-electron chi connectivity index (χ4n) is 2.13. The van der Waals surface area contributed by atoms with Crippen molar-refractivity contribution in [3.63, 3.8) is 0 Å². The Morgan fingerprint density at radius 2 is 1.25 bits per heavy atom. The van der Waals surface area contributed by atoms with Gasteiger partial charge in [0.2, 0.25) is 0 Å².